The maximum Gasteiger partial charge on any atom is 0.167 e. The van der Waals surface area contributed by atoms with Gasteiger partial charge in [-0.1, -0.05) is 0 Å². The van der Waals surface area contributed by atoms with E-state index in [0.29, 0.717) is 6.07 Å². The Morgan fingerprint density at radius 1 is 1.31 bits per heavy atom. The number of hydrogen-bond acceptors (Lipinski definition) is 3. The highest BCUT2D eigenvalue weighted by atomic mass is 19.1. The Bertz CT molecular complexity index is 317. The highest BCUT2D eigenvalue weighted by molar-refractivity contribution is 5.31. The van der Waals surface area contributed by atoms with Crippen molar-refractivity contribution < 1.29 is 19.0 Å². The summed E-state index contributed by atoms with van der Waals surface area (Å²) >= 11 is 0. The number of nitrogens with two attached hydrogens (primary N) is 1. The molecule has 1 atom stereocenters. The Morgan fingerprint density at radius 3 is 2.46 bits per heavy atom. The average molecular weight is 189 g/mol. The maximum absolute atomic E-state index is 12.9. The Kier molecular flexibility index (Phi) is 2.79. The summed E-state index contributed by atoms with van der Waals surface area (Å²) in [5.41, 5.74) is 4.86. The lowest BCUT2D eigenvalue weighted by Gasteiger charge is -2.09. The van der Waals surface area contributed by atoms with Gasteiger partial charge in [-0.3, -0.25) is 0 Å². The Hall–Kier alpha value is -1.20. The van der Waals surface area contributed by atoms with E-state index in [0.717, 1.165) is 6.07 Å². The van der Waals surface area contributed by atoms with Gasteiger partial charge in [0.05, 0.1) is 6.10 Å². The molecule has 0 aliphatic carbocycles. The van der Waals surface area contributed by atoms with E-state index in [2.05, 4.69) is 0 Å². The topological polar surface area (TPSA) is 66.5 Å². The highest BCUT2D eigenvalue weighted by Crippen LogP contribution is 2.24. The fourth-order valence-electron chi connectivity index (χ4n) is 0.936. The number of aliphatic hydroxyl groups excluding tert-OH is 1. The van der Waals surface area contributed by atoms with E-state index in [4.69, 9.17) is 15.9 Å². The van der Waals surface area contributed by atoms with Crippen molar-refractivity contribution in [2.75, 3.05) is 6.54 Å². The Balaban J connectivity index is 3.15. The largest absolute Gasteiger partial charge is 0.505 e. The number of halogens is 2. The van der Waals surface area contributed by atoms with Crippen molar-refractivity contribution in [2.24, 2.45) is 5.73 Å². The second-order valence-corrected chi connectivity index (χ2v) is 2.58. The molecule has 72 valence electrons. The second-order valence-electron chi connectivity index (χ2n) is 2.58. The first-order valence-corrected chi connectivity index (χ1v) is 3.62. The highest BCUT2D eigenvalue weighted by Gasteiger charge is 2.14. The molecular formula is C8H9F2NO2. The molecule has 0 saturated heterocycles. The van der Waals surface area contributed by atoms with Crippen LogP contribution < -0.4 is 5.73 Å². The lowest BCUT2D eigenvalue weighted by Crippen LogP contribution is -2.13. The third kappa shape index (κ3) is 1.93. The molecule has 0 spiro atoms. The smallest absolute Gasteiger partial charge is 0.167 e. The molecule has 5 heteroatoms. The van der Waals surface area contributed by atoms with Crippen LogP contribution in [0.4, 0.5) is 8.78 Å². The third-order valence-electron chi connectivity index (χ3n) is 1.65. The van der Waals surface area contributed by atoms with E-state index >= 15 is 0 Å². The zero-order valence-electron chi connectivity index (χ0n) is 6.67. The van der Waals surface area contributed by atoms with E-state index in [-0.39, 0.29) is 12.1 Å². The Labute approximate surface area is 73.4 Å². The fraction of sp³-hybridized carbons (Fsp3) is 0.250. The molecule has 0 saturated carbocycles. The van der Waals surface area contributed by atoms with Crippen LogP contribution in [0.3, 0.4) is 0 Å². The first-order chi connectivity index (χ1) is 6.06. The lowest BCUT2D eigenvalue weighted by atomic mass is 10.1. The third-order valence-corrected chi connectivity index (χ3v) is 1.65. The number of aliphatic hydroxyl groups is 1. The van der Waals surface area contributed by atoms with Crippen LogP contribution in [-0.4, -0.2) is 16.8 Å². The molecule has 1 rings (SSSR count). The minimum absolute atomic E-state index is 0.192. The lowest BCUT2D eigenvalue weighted by molar-refractivity contribution is 0.181. The predicted octanol–water partition coefficient (Wildman–Crippen LogP) is 0.662. The second kappa shape index (κ2) is 3.68. The zero-order valence-corrected chi connectivity index (χ0v) is 6.67. The molecule has 0 amide bonds. The summed E-state index contributed by atoms with van der Waals surface area (Å²) in [5.74, 6) is -2.69. The molecule has 0 aliphatic heterocycles. The molecule has 0 heterocycles. The number of phenolic OH excluding ortho intramolecular Hbond substituents is 1. The van der Waals surface area contributed by atoms with Gasteiger partial charge in [0.1, 0.15) is 5.82 Å². The van der Waals surface area contributed by atoms with Crippen LogP contribution in [0.2, 0.25) is 0 Å². The van der Waals surface area contributed by atoms with Gasteiger partial charge in [-0.2, -0.15) is 0 Å². The van der Waals surface area contributed by atoms with Crippen LogP contribution in [0.1, 0.15) is 11.7 Å². The van der Waals surface area contributed by atoms with Crippen LogP contribution in [0.5, 0.6) is 5.75 Å². The van der Waals surface area contributed by atoms with Crippen molar-refractivity contribution in [1.82, 2.24) is 0 Å². The van der Waals surface area contributed by atoms with Gasteiger partial charge in [0, 0.05) is 18.2 Å². The van der Waals surface area contributed by atoms with E-state index in [1.165, 1.54) is 0 Å². The summed E-state index contributed by atoms with van der Waals surface area (Å²) in [6, 6.07) is 1.33. The van der Waals surface area contributed by atoms with Crippen molar-refractivity contribution >= 4 is 0 Å². The van der Waals surface area contributed by atoms with E-state index in [1.54, 1.807) is 0 Å². The number of hydrogen-bond donors (Lipinski definition) is 3. The van der Waals surface area contributed by atoms with E-state index < -0.39 is 23.5 Å². The molecule has 3 nitrogen and oxygen atoms in total. The molecule has 0 radical (unpaired) electrons. The maximum atomic E-state index is 12.9. The minimum Gasteiger partial charge on any atom is -0.505 e. The van der Waals surface area contributed by atoms with Gasteiger partial charge in [0.15, 0.2) is 11.6 Å². The molecule has 0 bridgehead atoms. The van der Waals surface area contributed by atoms with Crippen molar-refractivity contribution in [3.8, 4) is 5.75 Å². The van der Waals surface area contributed by atoms with Gasteiger partial charge in [-0.15, -0.1) is 0 Å². The average Bonchev–Trinajstić information content (AvgIpc) is 2.10. The first-order valence-electron chi connectivity index (χ1n) is 3.62. The standard InChI is InChI=1S/C8H9F2NO2/c9-5-2-6(10)7(12)1-4(5)8(13)3-11/h1-2,8,12-13H,3,11H2. The van der Waals surface area contributed by atoms with Gasteiger partial charge in [-0.05, 0) is 6.07 Å². The van der Waals surface area contributed by atoms with Crippen LogP contribution in [0.15, 0.2) is 12.1 Å². The normalized spacial score (nSPS) is 12.9. The summed E-state index contributed by atoms with van der Waals surface area (Å²) in [4.78, 5) is 0. The molecular weight excluding hydrogens is 180 g/mol. The predicted molar refractivity (Wildman–Crippen MR) is 42.0 cm³/mol. The zero-order chi connectivity index (χ0) is 10.0. The SMILES string of the molecule is NCC(O)c1cc(O)c(F)cc1F. The number of aromatic hydroxyl groups is 1. The quantitative estimate of drug-likeness (QED) is 0.640. The summed E-state index contributed by atoms with van der Waals surface area (Å²) in [7, 11) is 0. The Morgan fingerprint density at radius 2 is 1.92 bits per heavy atom. The molecule has 1 aromatic rings. The summed E-state index contributed by atoms with van der Waals surface area (Å²) in [5, 5.41) is 18.0. The van der Waals surface area contributed by atoms with Crippen molar-refractivity contribution in [2.45, 2.75) is 6.10 Å². The van der Waals surface area contributed by atoms with Crippen LogP contribution in [0.25, 0.3) is 0 Å². The summed E-state index contributed by atoms with van der Waals surface area (Å²) in [6.07, 6.45) is -1.23. The van der Waals surface area contributed by atoms with Crippen LogP contribution in [-0.2, 0) is 0 Å². The first kappa shape index (κ1) is 9.88. The van der Waals surface area contributed by atoms with E-state index in [9.17, 15) is 8.78 Å². The number of rotatable bonds is 2. The molecule has 0 fully saturated rings. The molecule has 1 unspecified atom stereocenters. The molecule has 0 aromatic heterocycles. The number of phenols is 1. The van der Waals surface area contributed by atoms with Gasteiger partial charge in [-0.25, -0.2) is 8.78 Å². The van der Waals surface area contributed by atoms with Crippen LogP contribution in [0, 0.1) is 11.6 Å². The summed E-state index contributed by atoms with van der Waals surface area (Å²) < 4.78 is 25.4. The van der Waals surface area contributed by atoms with Gasteiger partial charge in [0.25, 0.3) is 0 Å². The van der Waals surface area contributed by atoms with Crippen molar-refractivity contribution in [3.05, 3.63) is 29.3 Å². The molecule has 13 heavy (non-hydrogen) atoms. The number of benzene rings is 1. The van der Waals surface area contributed by atoms with Gasteiger partial charge >= 0.3 is 0 Å². The molecule has 0 aliphatic rings. The molecule has 4 N–H and O–H groups in total. The van der Waals surface area contributed by atoms with Crippen LogP contribution >= 0.6 is 0 Å². The molecule has 1 aromatic carbocycles. The van der Waals surface area contributed by atoms with Gasteiger partial charge < -0.3 is 15.9 Å². The fourth-order valence-corrected chi connectivity index (χ4v) is 0.936. The van der Waals surface area contributed by atoms with Crippen molar-refractivity contribution in [3.63, 3.8) is 0 Å². The summed E-state index contributed by atoms with van der Waals surface area (Å²) in [6.45, 7) is -0.192. The van der Waals surface area contributed by atoms with E-state index in [1.807, 2.05) is 0 Å². The monoisotopic (exact) mass is 189 g/mol. The minimum atomic E-state index is -1.23. The van der Waals surface area contributed by atoms with Crippen molar-refractivity contribution in [1.29, 1.82) is 0 Å². The van der Waals surface area contributed by atoms with Gasteiger partial charge in [0.2, 0.25) is 0 Å².